The molecule has 2 aromatic rings. The molecule has 3 rings (SSSR count). The predicted octanol–water partition coefficient (Wildman–Crippen LogP) is 3.77. The van der Waals surface area contributed by atoms with E-state index in [9.17, 15) is 5.11 Å². The van der Waals surface area contributed by atoms with Gasteiger partial charge >= 0.3 is 0 Å². The van der Waals surface area contributed by atoms with Gasteiger partial charge in [-0.1, -0.05) is 30.3 Å². The highest BCUT2D eigenvalue weighted by atomic mass is 32.1. The van der Waals surface area contributed by atoms with Crippen molar-refractivity contribution in [1.29, 1.82) is 0 Å². The number of hydrogen-bond donors (Lipinski definition) is 1. The predicted molar refractivity (Wildman–Crippen MR) is 78.4 cm³/mol. The zero-order valence-electron chi connectivity index (χ0n) is 11.0. The maximum atomic E-state index is 10.7. The average Bonchev–Trinajstić information content (AvgIpc) is 2.93. The SMILES string of the molecule is OC1(Cc2cncs2)CCC(c2ccccc2)CC1. The molecular formula is C16H19NOS. The van der Waals surface area contributed by atoms with Crippen LogP contribution in [0.4, 0.5) is 0 Å². The molecule has 3 heteroatoms. The first-order chi connectivity index (χ1) is 9.25. The maximum absolute atomic E-state index is 10.7. The van der Waals surface area contributed by atoms with Crippen molar-refractivity contribution in [3.05, 3.63) is 52.5 Å². The highest BCUT2D eigenvalue weighted by molar-refractivity contribution is 7.09. The Morgan fingerprint density at radius 3 is 2.58 bits per heavy atom. The van der Waals surface area contributed by atoms with Crippen LogP contribution in [0, 0.1) is 0 Å². The summed E-state index contributed by atoms with van der Waals surface area (Å²) in [6.45, 7) is 0. The molecule has 19 heavy (non-hydrogen) atoms. The molecule has 0 saturated heterocycles. The Balaban J connectivity index is 1.62. The van der Waals surface area contributed by atoms with Crippen LogP contribution in [0.25, 0.3) is 0 Å². The van der Waals surface area contributed by atoms with E-state index in [-0.39, 0.29) is 0 Å². The summed E-state index contributed by atoms with van der Waals surface area (Å²) in [6.07, 6.45) is 6.60. The molecule has 2 nitrogen and oxygen atoms in total. The minimum absolute atomic E-state index is 0.516. The van der Waals surface area contributed by atoms with Crippen molar-refractivity contribution in [1.82, 2.24) is 4.98 Å². The molecule has 0 radical (unpaired) electrons. The summed E-state index contributed by atoms with van der Waals surface area (Å²) < 4.78 is 0. The number of hydrogen-bond acceptors (Lipinski definition) is 3. The Hall–Kier alpha value is -1.19. The van der Waals surface area contributed by atoms with Gasteiger partial charge in [0.05, 0.1) is 11.1 Å². The van der Waals surface area contributed by atoms with E-state index in [1.165, 1.54) is 10.4 Å². The van der Waals surface area contributed by atoms with Gasteiger partial charge in [0.15, 0.2) is 0 Å². The third kappa shape index (κ3) is 3.04. The van der Waals surface area contributed by atoms with Crippen LogP contribution >= 0.6 is 11.3 Å². The zero-order chi connectivity index (χ0) is 13.1. The maximum Gasteiger partial charge on any atom is 0.0794 e. The summed E-state index contributed by atoms with van der Waals surface area (Å²) in [5.41, 5.74) is 2.74. The summed E-state index contributed by atoms with van der Waals surface area (Å²) in [5, 5.41) is 10.7. The van der Waals surface area contributed by atoms with Crippen LogP contribution in [-0.2, 0) is 6.42 Å². The minimum atomic E-state index is -0.516. The first kappa shape index (κ1) is 12.8. The fraction of sp³-hybridized carbons (Fsp3) is 0.438. The smallest absolute Gasteiger partial charge is 0.0794 e. The molecule has 0 unspecified atom stereocenters. The van der Waals surface area contributed by atoms with Gasteiger partial charge in [0.2, 0.25) is 0 Å². The van der Waals surface area contributed by atoms with Crippen molar-refractivity contribution < 1.29 is 5.11 Å². The number of rotatable bonds is 3. The molecule has 0 bridgehead atoms. The average molecular weight is 273 g/mol. The molecule has 0 spiro atoms. The molecule has 1 fully saturated rings. The first-order valence-electron chi connectivity index (χ1n) is 6.90. The van der Waals surface area contributed by atoms with Crippen molar-refractivity contribution >= 4 is 11.3 Å². The first-order valence-corrected chi connectivity index (χ1v) is 7.78. The lowest BCUT2D eigenvalue weighted by atomic mass is 9.74. The third-order valence-corrected chi connectivity index (χ3v) is 4.95. The number of aromatic nitrogens is 1. The Labute approximate surface area is 118 Å². The third-order valence-electron chi connectivity index (χ3n) is 4.17. The lowest BCUT2D eigenvalue weighted by Gasteiger charge is -2.36. The summed E-state index contributed by atoms with van der Waals surface area (Å²) >= 11 is 1.64. The van der Waals surface area contributed by atoms with Crippen molar-refractivity contribution in [2.45, 2.75) is 43.6 Å². The second kappa shape index (κ2) is 5.43. The van der Waals surface area contributed by atoms with Crippen molar-refractivity contribution in [2.24, 2.45) is 0 Å². The van der Waals surface area contributed by atoms with Gasteiger partial charge in [-0.05, 0) is 37.2 Å². The molecule has 1 heterocycles. The fourth-order valence-electron chi connectivity index (χ4n) is 3.04. The summed E-state index contributed by atoms with van der Waals surface area (Å²) in [7, 11) is 0. The van der Waals surface area contributed by atoms with Gasteiger partial charge in [0.25, 0.3) is 0 Å². The number of aliphatic hydroxyl groups is 1. The summed E-state index contributed by atoms with van der Waals surface area (Å²) in [5.74, 6) is 0.614. The fourth-order valence-corrected chi connectivity index (χ4v) is 3.78. The van der Waals surface area contributed by atoms with E-state index in [2.05, 4.69) is 35.3 Å². The van der Waals surface area contributed by atoms with E-state index >= 15 is 0 Å². The van der Waals surface area contributed by atoms with Crippen LogP contribution in [-0.4, -0.2) is 15.7 Å². The number of nitrogens with zero attached hydrogens (tertiary/aromatic N) is 1. The molecular weight excluding hydrogens is 254 g/mol. The van der Waals surface area contributed by atoms with Gasteiger partial charge in [-0.15, -0.1) is 11.3 Å². The molecule has 1 aliphatic carbocycles. The summed E-state index contributed by atoms with van der Waals surface area (Å²) in [6, 6.07) is 10.7. The van der Waals surface area contributed by atoms with E-state index in [1.807, 2.05) is 11.7 Å². The van der Waals surface area contributed by atoms with E-state index in [4.69, 9.17) is 0 Å². The number of thiazole rings is 1. The van der Waals surface area contributed by atoms with Gasteiger partial charge in [0, 0.05) is 17.5 Å². The summed E-state index contributed by atoms with van der Waals surface area (Å²) in [4.78, 5) is 5.28. The van der Waals surface area contributed by atoms with Crippen LogP contribution in [0.1, 0.15) is 42.0 Å². The molecule has 0 amide bonds. The van der Waals surface area contributed by atoms with Crippen molar-refractivity contribution in [3.63, 3.8) is 0 Å². The van der Waals surface area contributed by atoms with Gasteiger partial charge in [-0.25, -0.2) is 0 Å². The normalized spacial score (nSPS) is 27.3. The highest BCUT2D eigenvalue weighted by Gasteiger charge is 2.34. The van der Waals surface area contributed by atoms with E-state index in [1.54, 1.807) is 11.3 Å². The second-order valence-electron chi connectivity index (χ2n) is 5.55. The van der Waals surface area contributed by atoms with Crippen LogP contribution in [0.2, 0.25) is 0 Å². The van der Waals surface area contributed by atoms with E-state index in [0.717, 1.165) is 32.1 Å². The second-order valence-corrected chi connectivity index (χ2v) is 6.52. The molecule has 1 aliphatic rings. The molecule has 0 aliphatic heterocycles. The topological polar surface area (TPSA) is 33.1 Å². The molecule has 100 valence electrons. The minimum Gasteiger partial charge on any atom is -0.390 e. The molecule has 1 N–H and O–H groups in total. The quantitative estimate of drug-likeness (QED) is 0.923. The Morgan fingerprint density at radius 1 is 1.21 bits per heavy atom. The Bertz CT molecular complexity index is 501. The molecule has 1 saturated carbocycles. The van der Waals surface area contributed by atoms with Crippen molar-refractivity contribution in [2.75, 3.05) is 0 Å². The number of benzene rings is 1. The lowest BCUT2D eigenvalue weighted by Crippen LogP contribution is -2.35. The zero-order valence-corrected chi connectivity index (χ0v) is 11.8. The standard InChI is InChI=1S/C16H19NOS/c18-16(10-15-11-17-12-19-15)8-6-14(7-9-16)13-4-2-1-3-5-13/h1-5,11-12,14,18H,6-10H2. The van der Waals surface area contributed by atoms with Crippen LogP contribution < -0.4 is 0 Å². The monoisotopic (exact) mass is 273 g/mol. The van der Waals surface area contributed by atoms with Gasteiger partial charge in [-0.2, -0.15) is 0 Å². The lowest BCUT2D eigenvalue weighted by molar-refractivity contribution is 0.000184. The van der Waals surface area contributed by atoms with Crippen molar-refractivity contribution in [3.8, 4) is 0 Å². The van der Waals surface area contributed by atoms with E-state index in [0.29, 0.717) is 5.92 Å². The van der Waals surface area contributed by atoms with Crippen LogP contribution in [0.15, 0.2) is 42.0 Å². The molecule has 0 atom stereocenters. The van der Waals surface area contributed by atoms with E-state index < -0.39 is 5.60 Å². The van der Waals surface area contributed by atoms with Gasteiger partial charge in [-0.3, -0.25) is 4.98 Å². The van der Waals surface area contributed by atoms with Crippen LogP contribution in [0.5, 0.6) is 0 Å². The molecule has 1 aromatic heterocycles. The van der Waals surface area contributed by atoms with Crippen LogP contribution in [0.3, 0.4) is 0 Å². The largest absolute Gasteiger partial charge is 0.390 e. The molecule has 1 aromatic carbocycles. The van der Waals surface area contributed by atoms with Gasteiger partial charge < -0.3 is 5.11 Å². The Morgan fingerprint density at radius 2 is 1.95 bits per heavy atom. The van der Waals surface area contributed by atoms with Gasteiger partial charge in [0.1, 0.15) is 0 Å². The Kier molecular flexibility index (Phi) is 3.67. The highest BCUT2D eigenvalue weighted by Crippen LogP contribution is 2.39.